The summed E-state index contributed by atoms with van der Waals surface area (Å²) in [5.41, 5.74) is 2.12. The van der Waals surface area contributed by atoms with Crippen molar-refractivity contribution in [2.45, 2.75) is 6.61 Å². The molecule has 5 nitrogen and oxygen atoms in total. The van der Waals surface area contributed by atoms with Crippen molar-refractivity contribution in [3.63, 3.8) is 0 Å². The van der Waals surface area contributed by atoms with E-state index in [0.717, 1.165) is 16.9 Å². The van der Waals surface area contributed by atoms with Crippen molar-refractivity contribution in [3.05, 3.63) is 77.0 Å². The number of nitrogens with zero attached hydrogens (tertiary/aromatic N) is 1. The highest BCUT2D eigenvalue weighted by molar-refractivity contribution is 6.32. The van der Waals surface area contributed by atoms with Crippen LogP contribution < -0.4 is 4.74 Å². The van der Waals surface area contributed by atoms with E-state index >= 15 is 0 Å². The van der Waals surface area contributed by atoms with Gasteiger partial charge in [-0.2, -0.15) is 0 Å². The Morgan fingerprint density at radius 2 is 1.96 bits per heavy atom. The van der Waals surface area contributed by atoms with Gasteiger partial charge in [-0.25, -0.2) is 4.79 Å². The fourth-order valence-electron chi connectivity index (χ4n) is 2.23. The number of ether oxygens (including phenoxy) is 2. The molecule has 132 valence electrons. The predicted octanol–water partition coefficient (Wildman–Crippen LogP) is 4.76. The van der Waals surface area contributed by atoms with Crippen LogP contribution in [0.15, 0.2) is 65.2 Å². The topological polar surface area (TPSA) is 61.6 Å². The summed E-state index contributed by atoms with van der Waals surface area (Å²) in [6.07, 6.45) is 2.93. The zero-order valence-corrected chi connectivity index (χ0v) is 14.8. The average Bonchev–Trinajstić information content (AvgIpc) is 3.15. The highest BCUT2D eigenvalue weighted by Crippen LogP contribution is 2.23. The van der Waals surface area contributed by atoms with E-state index < -0.39 is 5.97 Å². The summed E-state index contributed by atoms with van der Waals surface area (Å²) in [7, 11) is 1.61. The minimum atomic E-state index is -0.487. The maximum Gasteiger partial charge on any atom is 0.331 e. The third kappa shape index (κ3) is 4.52. The molecule has 0 saturated carbocycles. The van der Waals surface area contributed by atoms with Crippen molar-refractivity contribution in [2.75, 3.05) is 7.11 Å². The second-order valence-electron chi connectivity index (χ2n) is 5.37. The molecule has 0 aliphatic heterocycles. The van der Waals surface area contributed by atoms with Crippen LogP contribution in [0.5, 0.6) is 5.75 Å². The molecule has 1 heterocycles. The minimum absolute atomic E-state index is 0.0192. The Kier molecular flexibility index (Phi) is 5.71. The van der Waals surface area contributed by atoms with E-state index in [1.54, 1.807) is 25.3 Å². The normalized spacial score (nSPS) is 10.8. The van der Waals surface area contributed by atoms with Gasteiger partial charge in [-0.3, -0.25) is 0 Å². The molecule has 0 aliphatic carbocycles. The first-order valence-electron chi connectivity index (χ1n) is 7.85. The lowest BCUT2D eigenvalue weighted by molar-refractivity contribution is -0.139. The van der Waals surface area contributed by atoms with Gasteiger partial charge in [0.25, 0.3) is 0 Å². The summed E-state index contributed by atoms with van der Waals surface area (Å²) in [5, 5.41) is 4.48. The van der Waals surface area contributed by atoms with Crippen molar-refractivity contribution in [3.8, 4) is 17.1 Å². The van der Waals surface area contributed by atoms with Gasteiger partial charge in [0, 0.05) is 22.7 Å². The molecule has 2 aromatic carbocycles. The Bertz CT molecular complexity index is 916. The van der Waals surface area contributed by atoms with Crippen molar-refractivity contribution in [1.82, 2.24) is 5.16 Å². The maximum atomic E-state index is 11.8. The first kappa shape index (κ1) is 17.8. The van der Waals surface area contributed by atoms with E-state index in [1.807, 2.05) is 42.5 Å². The van der Waals surface area contributed by atoms with Gasteiger partial charge in [0.15, 0.2) is 5.76 Å². The van der Waals surface area contributed by atoms with E-state index in [9.17, 15) is 4.79 Å². The highest BCUT2D eigenvalue weighted by Gasteiger charge is 2.09. The predicted molar refractivity (Wildman–Crippen MR) is 98.8 cm³/mol. The van der Waals surface area contributed by atoms with E-state index in [1.165, 1.54) is 6.08 Å². The molecule has 0 spiro atoms. The van der Waals surface area contributed by atoms with Crippen LogP contribution in [0.4, 0.5) is 0 Å². The molecular weight excluding hydrogens is 354 g/mol. The number of methoxy groups -OCH3 is 1. The Balaban J connectivity index is 1.57. The maximum absolute atomic E-state index is 11.8. The van der Waals surface area contributed by atoms with E-state index in [-0.39, 0.29) is 6.61 Å². The van der Waals surface area contributed by atoms with Crippen LogP contribution in [0.3, 0.4) is 0 Å². The average molecular weight is 370 g/mol. The fraction of sp³-hybridized carbons (Fsp3) is 0.100. The Morgan fingerprint density at radius 1 is 1.19 bits per heavy atom. The molecule has 3 rings (SSSR count). The van der Waals surface area contributed by atoms with Crippen molar-refractivity contribution >= 4 is 23.6 Å². The highest BCUT2D eigenvalue weighted by atomic mass is 35.5. The Hall–Kier alpha value is -3.05. The summed E-state index contributed by atoms with van der Waals surface area (Å²) in [4.78, 5) is 11.8. The fourth-order valence-corrected chi connectivity index (χ4v) is 2.43. The molecule has 0 amide bonds. The van der Waals surface area contributed by atoms with Crippen molar-refractivity contribution in [2.24, 2.45) is 0 Å². The van der Waals surface area contributed by atoms with Crippen LogP contribution in [-0.2, 0) is 16.1 Å². The minimum Gasteiger partial charge on any atom is -0.497 e. The Labute approximate surface area is 155 Å². The number of aromatic nitrogens is 1. The van der Waals surface area contributed by atoms with Crippen molar-refractivity contribution < 1.29 is 18.8 Å². The molecule has 3 aromatic rings. The molecule has 0 unspecified atom stereocenters. The van der Waals surface area contributed by atoms with Crippen LogP contribution in [0.1, 0.15) is 11.3 Å². The molecule has 1 aromatic heterocycles. The van der Waals surface area contributed by atoms with Crippen LogP contribution >= 0.6 is 11.6 Å². The third-order valence-corrected chi connectivity index (χ3v) is 3.94. The van der Waals surface area contributed by atoms with Gasteiger partial charge in [0.2, 0.25) is 0 Å². The summed E-state index contributed by atoms with van der Waals surface area (Å²) in [6, 6.07) is 16.3. The van der Waals surface area contributed by atoms with Crippen LogP contribution in [0, 0.1) is 0 Å². The number of carbonyl (C=O) groups excluding carboxylic acids is 1. The summed E-state index contributed by atoms with van der Waals surface area (Å²) in [5.74, 6) is 0.858. The number of rotatable bonds is 6. The number of hydrogen-bond donors (Lipinski definition) is 0. The third-order valence-electron chi connectivity index (χ3n) is 3.60. The lowest BCUT2D eigenvalue weighted by Gasteiger charge is -1.99. The molecule has 0 radical (unpaired) electrons. The molecule has 0 bridgehead atoms. The molecule has 26 heavy (non-hydrogen) atoms. The molecule has 0 fully saturated rings. The van der Waals surface area contributed by atoms with E-state index in [4.69, 9.17) is 25.6 Å². The second kappa shape index (κ2) is 8.36. The van der Waals surface area contributed by atoms with E-state index in [2.05, 4.69) is 5.16 Å². The van der Waals surface area contributed by atoms with Gasteiger partial charge >= 0.3 is 5.97 Å². The lowest BCUT2D eigenvalue weighted by Crippen LogP contribution is -2.00. The van der Waals surface area contributed by atoms with Gasteiger partial charge in [0.05, 0.1) is 7.11 Å². The second-order valence-corrected chi connectivity index (χ2v) is 5.78. The van der Waals surface area contributed by atoms with Crippen LogP contribution in [0.2, 0.25) is 5.02 Å². The Morgan fingerprint density at radius 3 is 2.69 bits per heavy atom. The molecule has 0 aliphatic rings. The van der Waals surface area contributed by atoms with Gasteiger partial charge in [-0.15, -0.1) is 0 Å². The number of carbonyl (C=O) groups is 1. The molecular formula is C20H16ClNO4. The van der Waals surface area contributed by atoms with Gasteiger partial charge in [0.1, 0.15) is 18.1 Å². The first-order chi connectivity index (χ1) is 12.7. The monoisotopic (exact) mass is 369 g/mol. The zero-order chi connectivity index (χ0) is 18.4. The quantitative estimate of drug-likeness (QED) is 0.463. The molecule has 0 saturated heterocycles. The lowest BCUT2D eigenvalue weighted by atomic mass is 10.1. The van der Waals surface area contributed by atoms with Crippen molar-refractivity contribution in [1.29, 1.82) is 0 Å². The standard InChI is InChI=1S/C20H16ClNO4/c1-24-17-9-6-15(7-10-17)19-12-16(22-26-19)13-25-20(23)11-8-14-4-2-3-5-18(14)21/h2-12H,13H2,1H3/b11-8+. The van der Waals surface area contributed by atoms with Gasteiger partial charge < -0.3 is 14.0 Å². The SMILES string of the molecule is COc1ccc(-c2cc(COC(=O)/C=C/c3ccccc3Cl)no2)cc1. The number of esters is 1. The largest absolute Gasteiger partial charge is 0.497 e. The number of hydrogen-bond acceptors (Lipinski definition) is 5. The molecule has 0 N–H and O–H groups in total. The van der Waals surface area contributed by atoms with Crippen LogP contribution in [0.25, 0.3) is 17.4 Å². The van der Waals surface area contributed by atoms with E-state index in [0.29, 0.717) is 16.5 Å². The number of benzene rings is 2. The first-order valence-corrected chi connectivity index (χ1v) is 8.23. The van der Waals surface area contributed by atoms with Crippen LogP contribution in [-0.4, -0.2) is 18.2 Å². The summed E-state index contributed by atoms with van der Waals surface area (Å²) < 4.78 is 15.6. The molecule has 0 atom stereocenters. The van der Waals surface area contributed by atoms with Gasteiger partial charge in [-0.05, 0) is 42.0 Å². The van der Waals surface area contributed by atoms with Gasteiger partial charge in [-0.1, -0.05) is 35.0 Å². The zero-order valence-electron chi connectivity index (χ0n) is 14.0. The molecule has 6 heteroatoms. The smallest absolute Gasteiger partial charge is 0.331 e. The summed E-state index contributed by atoms with van der Waals surface area (Å²) in [6.45, 7) is 0.0192. The summed E-state index contributed by atoms with van der Waals surface area (Å²) >= 11 is 6.03. The number of halogens is 1.